The Kier molecular flexibility index (Phi) is 4.68. The zero-order valence-electron chi connectivity index (χ0n) is 9.32. The predicted molar refractivity (Wildman–Crippen MR) is 59.9 cm³/mol. The number of hydrogen-bond acceptors (Lipinski definition) is 3. The van der Waals surface area contributed by atoms with Gasteiger partial charge in [-0.2, -0.15) is 8.78 Å². The van der Waals surface area contributed by atoms with Gasteiger partial charge in [0.25, 0.3) is 0 Å². The Bertz CT molecular complexity index is 385. The van der Waals surface area contributed by atoms with Crippen LogP contribution in [0.5, 0.6) is 5.75 Å². The zero-order valence-corrected chi connectivity index (χ0v) is 9.32. The number of alkyl halides is 2. The summed E-state index contributed by atoms with van der Waals surface area (Å²) in [6.45, 7) is -0.975. The van der Waals surface area contributed by atoms with E-state index in [1.54, 1.807) is 25.1 Å². The fourth-order valence-corrected chi connectivity index (χ4v) is 1.18. The van der Waals surface area contributed by atoms with E-state index in [0.717, 1.165) is 0 Å². The van der Waals surface area contributed by atoms with E-state index in [0.29, 0.717) is 5.69 Å². The molecule has 1 rings (SSSR count). The second kappa shape index (κ2) is 6.03. The highest BCUT2D eigenvalue weighted by Gasteiger charge is 2.11. The van der Waals surface area contributed by atoms with Crippen LogP contribution in [0, 0.1) is 5.92 Å². The highest BCUT2D eigenvalue weighted by Crippen LogP contribution is 2.25. The molecule has 0 aromatic heterocycles. The number of carbonyl (C=O) groups excluding carboxylic acids is 1. The lowest BCUT2D eigenvalue weighted by Gasteiger charge is -2.14. The molecule has 1 unspecified atom stereocenters. The maximum absolute atomic E-state index is 12.1. The normalized spacial score (nSPS) is 12.2. The molecule has 0 saturated carbocycles. The Balaban J connectivity index is 2.66. The summed E-state index contributed by atoms with van der Waals surface area (Å²) in [5.74, 6) is -0.807. The molecule has 1 aromatic carbocycles. The van der Waals surface area contributed by atoms with Crippen molar-refractivity contribution >= 4 is 11.6 Å². The first kappa shape index (κ1) is 13.2. The number of halogens is 2. The van der Waals surface area contributed by atoms with E-state index in [1.165, 1.54) is 6.07 Å². The van der Waals surface area contributed by atoms with Gasteiger partial charge in [0.05, 0.1) is 11.6 Å². The summed E-state index contributed by atoms with van der Waals surface area (Å²) in [6.07, 6.45) is 0. The standard InChI is InChI=1S/C11H14F2N2O2/c1-7(10(14)16)6-15-8-4-2-3-5-9(8)17-11(12)13/h2-5,7,11,15H,6H2,1H3,(H2,14,16). The molecule has 0 bridgehead atoms. The summed E-state index contributed by atoms with van der Waals surface area (Å²) in [5.41, 5.74) is 5.49. The van der Waals surface area contributed by atoms with E-state index in [9.17, 15) is 13.6 Å². The molecule has 0 spiro atoms. The van der Waals surface area contributed by atoms with Gasteiger partial charge >= 0.3 is 6.61 Å². The Morgan fingerprint density at radius 2 is 2.12 bits per heavy atom. The van der Waals surface area contributed by atoms with E-state index in [-0.39, 0.29) is 12.3 Å². The molecular formula is C11H14F2N2O2. The van der Waals surface area contributed by atoms with Crippen LogP contribution in [0.25, 0.3) is 0 Å². The first-order chi connectivity index (χ1) is 8.00. The molecule has 94 valence electrons. The number of nitrogens with one attached hydrogen (secondary N) is 1. The molecule has 0 aliphatic carbocycles. The fraction of sp³-hybridized carbons (Fsp3) is 0.364. The molecule has 0 radical (unpaired) electrons. The summed E-state index contributed by atoms with van der Waals surface area (Å²) < 4.78 is 28.5. The Morgan fingerprint density at radius 3 is 2.71 bits per heavy atom. The largest absolute Gasteiger partial charge is 0.433 e. The van der Waals surface area contributed by atoms with Crippen LogP contribution in [0.3, 0.4) is 0 Å². The van der Waals surface area contributed by atoms with E-state index in [1.807, 2.05) is 0 Å². The van der Waals surface area contributed by atoms with Crippen molar-refractivity contribution in [1.82, 2.24) is 0 Å². The van der Waals surface area contributed by atoms with Crippen LogP contribution >= 0.6 is 0 Å². The van der Waals surface area contributed by atoms with Crippen molar-refractivity contribution in [3.05, 3.63) is 24.3 Å². The number of amides is 1. The molecule has 6 heteroatoms. The number of para-hydroxylation sites is 2. The number of hydrogen-bond donors (Lipinski definition) is 2. The molecule has 17 heavy (non-hydrogen) atoms. The average molecular weight is 244 g/mol. The molecule has 4 nitrogen and oxygen atoms in total. The van der Waals surface area contributed by atoms with Crippen LogP contribution in [0.15, 0.2) is 24.3 Å². The summed E-state index contributed by atoms with van der Waals surface area (Å²) in [6, 6.07) is 6.27. The minimum atomic E-state index is -2.88. The van der Waals surface area contributed by atoms with E-state index in [2.05, 4.69) is 10.1 Å². The first-order valence-corrected chi connectivity index (χ1v) is 5.07. The van der Waals surface area contributed by atoms with Gasteiger partial charge in [0, 0.05) is 6.54 Å². The number of nitrogens with two attached hydrogens (primary N) is 1. The van der Waals surface area contributed by atoms with Crippen LogP contribution < -0.4 is 15.8 Å². The maximum Gasteiger partial charge on any atom is 0.387 e. The first-order valence-electron chi connectivity index (χ1n) is 5.07. The SMILES string of the molecule is CC(CNc1ccccc1OC(F)F)C(N)=O. The minimum Gasteiger partial charge on any atom is -0.433 e. The lowest BCUT2D eigenvalue weighted by atomic mass is 10.1. The summed E-state index contributed by atoms with van der Waals surface area (Å²) in [4.78, 5) is 10.8. The number of rotatable bonds is 6. The van der Waals surface area contributed by atoms with Gasteiger partial charge in [-0.15, -0.1) is 0 Å². The van der Waals surface area contributed by atoms with E-state index in [4.69, 9.17) is 5.73 Å². The Morgan fingerprint density at radius 1 is 1.47 bits per heavy atom. The van der Waals surface area contributed by atoms with Gasteiger partial charge in [0.15, 0.2) is 0 Å². The molecular weight excluding hydrogens is 230 g/mol. The smallest absolute Gasteiger partial charge is 0.387 e. The molecule has 0 saturated heterocycles. The third-order valence-electron chi connectivity index (χ3n) is 2.19. The second-order valence-corrected chi connectivity index (χ2v) is 3.56. The van der Waals surface area contributed by atoms with Crippen molar-refractivity contribution in [2.45, 2.75) is 13.5 Å². The Hall–Kier alpha value is -1.85. The highest BCUT2D eigenvalue weighted by atomic mass is 19.3. The number of carbonyl (C=O) groups is 1. The van der Waals surface area contributed by atoms with Gasteiger partial charge < -0.3 is 15.8 Å². The van der Waals surface area contributed by atoms with Crippen LogP contribution in [0.2, 0.25) is 0 Å². The fourth-order valence-electron chi connectivity index (χ4n) is 1.18. The number of benzene rings is 1. The Labute approximate surface area is 97.8 Å². The molecule has 1 atom stereocenters. The molecule has 3 N–H and O–H groups in total. The predicted octanol–water partition coefficient (Wildman–Crippen LogP) is 1.82. The molecule has 0 fully saturated rings. The van der Waals surface area contributed by atoms with Gasteiger partial charge in [-0.25, -0.2) is 0 Å². The number of primary amides is 1. The van der Waals surface area contributed by atoms with E-state index >= 15 is 0 Å². The van der Waals surface area contributed by atoms with Gasteiger partial charge in [-0.3, -0.25) is 4.79 Å². The van der Waals surface area contributed by atoms with Gasteiger partial charge in [-0.1, -0.05) is 19.1 Å². The monoisotopic (exact) mass is 244 g/mol. The van der Waals surface area contributed by atoms with Crippen molar-refractivity contribution < 1.29 is 18.3 Å². The summed E-state index contributed by atoms with van der Waals surface area (Å²) >= 11 is 0. The zero-order chi connectivity index (χ0) is 12.8. The van der Waals surface area contributed by atoms with Crippen molar-refractivity contribution in [3.8, 4) is 5.75 Å². The lowest BCUT2D eigenvalue weighted by Crippen LogP contribution is -2.26. The molecule has 0 heterocycles. The highest BCUT2D eigenvalue weighted by molar-refractivity contribution is 5.77. The van der Waals surface area contributed by atoms with Gasteiger partial charge in [0.1, 0.15) is 5.75 Å². The lowest BCUT2D eigenvalue weighted by molar-refractivity contribution is -0.120. The summed E-state index contributed by atoms with van der Waals surface area (Å²) in [5, 5.41) is 2.84. The number of anilines is 1. The molecule has 0 aliphatic rings. The number of ether oxygens (including phenoxy) is 1. The van der Waals surface area contributed by atoms with Crippen LogP contribution in [-0.4, -0.2) is 19.1 Å². The van der Waals surface area contributed by atoms with Crippen molar-refractivity contribution in [2.24, 2.45) is 11.7 Å². The topological polar surface area (TPSA) is 64.3 Å². The molecule has 1 aromatic rings. The summed E-state index contributed by atoms with van der Waals surface area (Å²) in [7, 11) is 0. The van der Waals surface area contributed by atoms with Gasteiger partial charge in [0.2, 0.25) is 5.91 Å². The van der Waals surface area contributed by atoms with E-state index < -0.39 is 18.4 Å². The molecule has 0 aliphatic heterocycles. The van der Waals surface area contributed by atoms with Crippen molar-refractivity contribution in [3.63, 3.8) is 0 Å². The van der Waals surface area contributed by atoms with Crippen LogP contribution in [-0.2, 0) is 4.79 Å². The maximum atomic E-state index is 12.1. The van der Waals surface area contributed by atoms with Gasteiger partial charge in [-0.05, 0) is 12.1 Å². The third kappa shape index (κ3) is 4.26. The molecule has 1 amide bonds. The van der Waals surface area contributed by atoms with Crippen LogP contribution in [0.4, 0.5) is 14.5 Å². The quantitative estimate of drug-likeness (QED) is 0.802. The third-order valence-corrected chi connectivity index (χ3v) is 2.19. The minimum absolute atomic E-state index is 0.0409. The van der Waals surface area contributed by atoms with Crippen molar-refractivity contribution in [1.29, 1.82) is 0 Å². The second-order valence-electron chi connectivity index (χ2n) is 3.56. The van der Waals surface area contributed by atoms with Crippen LogP contribution in [0.1, 0.15) is 6.92 Å². The average Bonchev–Trinajstić information content (AvgIpc) is 2.26. The van der Waals surface area contributed by atoms with Crippen molar-refractivity contribution in [2.75, 3.05) is 11.9 Å².